The molecular weight excluding hydrogens is 280 g/mol. The Balaban J connectivity index is 1.65. The molecule has 0 fully saturated rings. The summed E-state index contributed by atoms with van der Waals surface area (Å²) in [5, 5.41) is 9.99. The Morgan fingerprint density at radius 1 is 1.41 bits per heavy atom. The van der Waals surface area contributed by atoms with Crippen molar-refractivity contribution in [2.75, 3.05) is 18.5 Å². The minimum absolute atomic E-state index is 0.0120. The van der Waals surface area contributed by atoms with Crippen molar-refractivity contribution in [1.29, 1.82) is 0 Å². The summed E-state index contributed by atoms with van der Waals surface area (Å²) in [6.07, 6.45) is 4.59. The Morgan fingerprint density at radius 2 is 2.23 bits per heavy atom. The number of carbonyl (C=O) groups is 1. The molecule has 1 aliphatic carbocycles. The van der Waals surface area contributed by atoms with Crippen LogP contribution in [0.1, 0.15) is 30.0 Å². The second-order valence-electron chi connectivity index (χ2n) is 5.40. The van der Waals surface area contributed by atoms with Crippen molar-refractivity contribution in [3.63, 3.8) is 0 Å². The van der Waals surface area contributed by atoms with Crippen LogP contribution >= 0.6 is 0 Å². The molecular formula is C16H20N4O2. The van der Waals surface area contributed by atoms with Gasteiger partial charge in [0.1, 0.15) is 12.4 Å². The van der Waals surface area contributed by atoms with Gasteiger partial charge in [-0.2, -0.15) is 5.10 Å². The molecule has 22 heavy (non-hydrogen) atoms. The Hall–Kier alpha value is -2.34. The van der Waals surface area contributed by atoms with Crippen LogP contribution in [0.25, 0.3) is 0 Å². The van der Waals surface area contributed by atoms with Crippen LogP contribution in [0, 0.1) is 0 Å². The molecule has 1 aliphatic rings. The lowest BCUT2D eigenvalue weighted by atomic mass is 9.86. The van der Waals surface area contributed by atoms with Crippen molar-refractivity contribution < 1.29 is 9.53 Å². The van der Waals surface area contributed by atoms with Gasteiger partial charge in [-0.1, -0.05) is 0 Å². The molecule has 0 saturated carbocycles. The molecule has 0 bridgehead atoms. The van der Waals surface area contributed by atoms with Crippen LogP contribution in [0.5, 0.6) is 5.75 Å². The lowest BCUT2D eigenvalue weighted by Gasteiger charge is -2.21. The van der Waals surface area contributed by atoms with E-state index in [1.165, 1.54) is 0 Å². The molecule has 0 radical (unpaired) electrons. The monoisotopic (exact) mass is 300 g/mol. The van der Waals surface area contributed by atoms with Gasteiger partial charge in [0, 0.05) is 23.5 Å². The van der Waals surface area contributed by atoms with Gasteiger partial charge in [0.05, 0.1) is 12.1 Å². The second-order valence-corrected chi connectivity index (χ2v) is 5.40. The summed E-state index contributed by atoms with van der Waals surface area (Å²) in [6.45, 7) is 0.963. The third-order valence-electron chi connectivity index (χ3n) is 3.87. The highest BCUT2D eigenvalue weighted by atomic mass is 16.5. The number of nitrogens with one attached hydrogen (secondary N) is 2. The van der Waals surface area contributed by atoms with Gasteiger partial charge in [-0.15, -0.1) is 0 Å². The summed E-state index contributed by atoms with van der Waals surface area (Å²) in [4.78, 5) is 12.5. The van der Waals surface area contributed by atoms with E-state index in [1.807, 2.05) is 24.3 Å². The molecule has 1 heterocycles. The fourth-order valence-corrected chi connectivity index (χ4v) is 2.77. The first-order valence-electron chi connectivity index (χ1n) is 7.54. The number of anilines is 1. The van der Waals surface area contributed by atoms with E-state index in [0.717, 1.165) is 42.0 Å². The number of rotatable bonds is 5. The summed E-state index contributed by atoms with van der Waals surface area (Å²) in [5.41, 5.74) is 8.26. The minimum Gasteiger partial charge on any atom is -0.492 e. The number of hydrogen-bond donors (Lipinski definition) is 3. The SMILES string of the molecule is NCCOc1ccc(NC(=O)C2CCCc3[nH]ncc32)cc1. The fourth-order valence-electron chi connectivity index (χ4n) is 2.77. The molecule has 116 valence electrons. The first kappa shape index (κ1) is 14.6. The van der Waals surface area contributed by atoms with Gasteiger partial charge in [0.25, 0.3) is 0 Å². The molecule has 2 aromatic rings. The van der Waals surface area contributed by atoms with Gasteiger partial charge in [-0.3, -0.25) is 9.89 Å². The zero-order valence-electron chi connectivity index (χ0n) is 12.3. The maximum atomic E-state index is 12.5. The summed E-state index contributed by atoms with van der Waals surface area (Å²) in [5.74, 6) is 0.631. The van der Waals surface area contributed by atoms with Crippen molar-refractivity contribution in [2.24, 2.45) is 5.73 Å². The fraction of sp³-hybridized carbons (Fsp3) is 0.375. The predicted octanol–water partition coefficient (Wildman–Crippen LogP) is 1.81. The van der Waals surface area contributed by atoms with Crippen molar-refractivity contribution in [3.05, 3.63) is 41.7 Å². The summed E-state index contributed by atoms with van der Waals surface area (Å²) in [7, 11) is 0. The summed E-state index contributed by atoms with van der Waals surface area (Å²) in [6, 6.07) is 7.33. The molecule has 1 aromatic heterocycles. The molecule has 0 saturated heterocycles. The lowest BCUT2D eigenvalue weighted by molar-refractivity contribution is -0.117. The van der Waals surface area contributed by atoms with Gasteiger partial charge in [-0.25, -0.2) is 0 Å². The number of benzene rings is 1. The van der Waals surface area contributed by atoms with E-state index in [2.05, 4.69) is 15.5 Å². The number of aromatic amines is 1. The second kappa shape index (κ2) is 6.62. The molecule has 1 amide bonds. The quantitative estimate of drug-likeness (QED) is 0.785. The van der Waals surface area contributed by atoms with E-state index < -0.39 is 0 Å². The zero-order valence-corrected chi connectivity index (χ0v) is 12.3. The normalized spacial score (nSPS) is 16.9. The number of hydrogen-bond acceptors (Lipinski definition) is 4. The third-order valence-corrected chi connectivity index (χ3v) is 3.87. The standard InChI is InChI=1S/C16H20N4O2/c17-8-9-22-12-6-4-11(5-7-12)19-16(21)13-2-1-3-15-14(13)10-18-20-15/h4-7,10,13H,1-3,8-9,17H2,(H,18,20)(H,19,21). The van der Waals surface area contributed by atoms with E-state index in [0.29, 0.717) is 13.2 Å². The van der Waals surface area contributed by atoms with Gasteiger partial charge in [0.15, 0.2) is 0 Å². The van der Waals surface area contributed by atoms with Crippen LogP contribution in [0.15, 0.2) is 30.5 Å². The number of fused-ring (bicyclic) bond motifs is 1. The van der Waals surface area contributed by atoms with Crippen molar-refractivity contribution >= 4 is 11.6 Å². The van der Waals surface area contributed by atoms with Crippen LogP contribution in [-0.2, 0) is 11.2 Å². The topological polar surface area (TPSA) is 93.0 Å². The van der Waals surface area contributed by atoms with Crippen LogP contribution in [0.2, 0.25) is 0 Å². The molecule has 1 aromatic carbocycles. The smallest absolute Gasteiger partial charge is 0.232 e. The number of aryl methyl sites for hydroxylation is 1. The number of carbonyl (C=O) groups excluding carboxylic acids is 1. The minimum atomic E-state index is -0.129. The van der Waals surface area contributed by atoms with Crippen molar-refractivity contribution in [1.82, 2.24) is 10.2 Å². The van der Waals surface area contributed by atoms with Crippen LogP contribution in [-0.4, -0.2) is 29.3 Å². The number of nitrogens with two attached hydrogens (primary N) is 1. The maximum absolute atomic E-state index is 12.5. The Bertz CT molecular complexity index is 636. The van der Waals surface area contributed by atoms with Gasteiger partial charge >= 0.3 is 0 Å². The first-order valence-corrected chi connectivity index (χ1v) is 7.54. The Morgan fingerprint density at radius 3 is 3.00 bits per heavy atom. The van der Waals surface area contributed by atoms with E-state index in [-0.39, 0.29) is 11.8 Å². The number of nitrogens with zero attached hydrogens (tertiary/aromatic N) is 1. The molecule has 4 N–H and O–H groups in total. The van der Waals surface area contributed by atoms with E-state index in [4.69, 9.17) is 10.5 Å². The molecule has 1 unspecified atom stereocenters. The Labute approximate surface area is 129 Å². The number of aromatic nitrogens is 2. The van der Waals surface area contributed by atoms with Gasteiger partial charge in [0.2, 0.25) is 5.91 Å². The van der Waals surface area contributed by atoms with Gasteiger partial charge < -0.3 is 15.8 Å². The van der Waals surface area contributed by atoms with Crippen LogP contribution < -0.4 is 15.8 Å². The molecule has 6 nitrogen and oxygen atoms in total. The van der Waals surface area contributed by atoms with Crippen LogP contribution in [0.3, 0.4) is 0 Å². The van der Waals surface area contributed by atoms with E-state index >= 15 is 0 Å². The summed E-state index contributed by atoms with van der Waals surface area (Å²) >= 11 is 0. The highest BCUT2D eigenvalue weighted by molar-refractivity contribution is 5.96. The predicted molar refractivity (Wildman–Crippen MR) is 83.9 cm³/mol. The molecule has 1 atom stereocenters. The molecule has 0 spiro atoms. The number of amides is 1. The van der Waals surface area contributed by atoms with Gasteiger partial charge in [-0.05, 0) is 43.5 Å². The largest absolute Gasteiger partial charge is 0.492 e. The highest BCUT2D eigenvalue weighted by Crippen LogP contribution is 2.31. The van der Waals surface area contributed by atoms with Crippen molar-refractivity contribution in [2.45, 2.75) is 25.2 Å². The number of ether oxygens (including phenoxy) is 1. The van der Waals surface area contributed by atoms with Crippen LogP contribution in [0.4, 0.5) is 5.69 Å². The lowest BCUT2D eigenvalue weighted by Crippen LogP contribution is -2.24. The zero-order chi connectivity index (χ0) is 15.4. The maximum Gasteiger partial charge on any atom is 0.232 e. The van der Waals surface area contributed by atoms with E-state index in [9.17, 15) is 4.79 Å². The summed E-state index contributed by atoms with van der Waals surface area (Å²) < 4.78 is 5.42. The highest BCUT2D eigenvalue weighted by Gasteiger charge is 2.27. The Kier molecular flexibility index (Phi) is 4.39. The average molecular weight is 300 g/mol. The number of H-pyrrole nitrogens is 1. The van der Waals surface area contributed by atoms with Crippen molar-refractivity contribution in [3.8, 4) is 5.75 Å². The molecule has 0 aliphatic heterocycles. The third kappa shape index (κ3) is 3.12. The molecule has 3 rings (SSSR count). The molecule has 6 heteroatoms. The average Bonchev–Trinajstić information content (AvgIpc) is 3.02. The first-order chi connectivity index (χ1) is 10.8. The van der Waals surface area contributed by atoms with E-state index in [1.54, 1.807) is 6.20 Å².